The van der Waals surface area contributed by atoms with Crippen molar-refractivity contribution in [2.75, 3.05) is 0 Å². The summed E-state index contributed by atoms with van der Waals surface area (Å²) in [5.74, 6) is -0.837. The fraction of sp³-hybridized carbons (Fsp3) is 0.286. The molecule has 0 bridgehead atoms. The summed E-state index contributed by atoms with van der Waals surface area (Å²) in [7, 11) is 0. The first kappa shape index (κ1) is 12.8. The number of ether oxygens (including phenoxy) is 1. The van der Waals surface area contributed by atoms with Gasteiger partial charge in [0, 0.05) is 10.6 Å². The summed E-state index contributed by atoms with van der Waals surface area (Å²) < 4.78 is 5.20. The average molecular weight is 265 g/mol. The van der Waals surface area contributed by atoms with Crippen LogP contribution < -0.4 is 0 Å². The van der Waals surface area contributed by atoms with Gasteiger partial charge >= 0.3 is 5.97 Å². The Morgan fingerprint density at radius 1 is 1.39 bits per heavy atom. The van der Waals surface area contributed by atoms with Gasteiger partial charge in [0.15, 0.2) is 0 Å². The highest BCUT2D eigenvalue weighted by Gasteiger charge is 2.31. The van der Waals surface area contributed by atoms with Crippen LogP contribution in [0.5, 0.6) is 0 Å². The van der Waals surface area contributed by atoms with Gasteiger partial charge in [0.25, 0.3) is 0 Å². The van der Waals surface area contributed by atoms with E-state index < -0.39 is 5.92 Å². The first-order chi connectivity index (χ1) is 8.72. The van der Waals surface area contributed by atoms with Crippen molar-refractivity contribution in [3.05, 3.63) is 46.5 Å². The zero-order valence-corrected chi connectivity index (χ0v) is 10.5. The van der Waals surface area contributed by atoms with Crippen LogP contribution in [0.1, 0.15) is 18.4 Å². The van der Waals surface area contributed by atoms with Crippen molar-refractivity contribution in [1.82, 2.24) is 0 Å². The van der Waals surface area contributed by atoms with Crippen molar-refractivity contribution >= 4 is 23.9 Å². The molecular formula is C14H13ClO3. The number of esters is 1. The van der Waals surface area contributed by atoms with Crippen molar-refractivity contribution in [3.63, 3.8) is 0 Å². The fourth-order valence-electron chi connectivity index (χ4n) is 1.94. The second-order valence-electron chi connectivity index (χ2n) is 4.18. The van der Waals surface area contributed by atoms with Crippen LogP contribution in [-0.2, 0) is 20.9 Å². The van der Waals surface area contributed by atoms with Crippen molar-refractivity contribution in [3.8, 4) is 0 Å². The highest BCUT2D eigenvalue weighted by Crippen LogP contribution is 2.34. The molecule has 18 heavy (non-hydrogen) atoms. The van der Waals surface area contributed by atoms with E-state index in [-0.39, 0.29) is 12.6 Å². The lowest BCUT2D eigenvalue weighted by Crippen LogP contribution is -2.15. The van der Waals surface area contributed by atoms with Crippen LogP contribution in [0.15, 0.2) is 40.9 Å². The summed E-state index contributed by atoms with van der Waals surface area (Å²) in [5.41, 5.74) is 1.44. The summed E-state index contributed by atoms with van der Waals surface area (Å²) in [6.45, 7) is 0.233. The van der Waals surface area contributed by atoms with Crippen LogP contribution >= 0.6 is 11.6 Å². The Kier molecular flexibility index (Phi) is 4.15. The monoisotopic (exact) mass is 264 g/mol. The first-order valence-electron chi connectivity index (χ1n) is 5.76. The molecule has 0 aromatic heterocycles. The third kappa shape index (κ3) is 2.79. The molecule has 0 spiro atoms. The minimum atomic E-state index is -0.476. The molecule has 0 aliphatic heterocycles. The van der Waals surface area contributed by atoms with Crippen LogP contribution in [0.3, 0.4) is 0 Å². The van der Waals surface area contributed by atoms with Crippen molar-refractivity contribution in [2.45, 2.75) is 19.4 Å². The van der Waals surface area contributed by atoms with Crippen LogP contribution in [0.4, 0.5) is 0 Å². The molecule has 0 radical (unpaired) electrons. The lowest BCUT2D eigenvalue weighted by atomic mass is 10.1. The van der Waals surface area contributed by atoms with E-state index in [0.717, 1.165) is 5.56 Å². The van der Waals surface area contributed by atoms with Gasteiger partial charge in [-0.25, -0.2) is 0 Å². The number of halogens is 1. The smallest absolute Gasteiger partial charge is 0.314 e. The van der Waals surface area contributed by atoms with E-state index in [1.807, 2.05) is 30.3 Å². The van der Waals surface area contributed by atoms with Gasteiger partial charge in [-0.05, 0) is 18.4 Å². The number of aldehydes is 1. The summed E-state index contributed by atoms with van der Waals surface area (Å²) >= 11 is 5.97. The predicted molar refractivity (Wildman–Crippen MR) is 67.9 cm³/mol. The number of carbonyl (C=O) groups is 2. The van der Waals surface area contributed by atoms with Gasteiger partial charge in [-0.3, -0.25) is 9.59 Å². The standard InChI is InChI=1S/C14H13ClO3/c15-13-11(8-16)6-7-12(13)14(17)18-9-10-4-2-1-3-5-10/h1-5,8,12H,6-7,9H2. The van der Waals surface area contributed by atoms with E-state index in [2.05, 4.69) is 0 Å². The number of hydrogen-bond donors (Lipinski definition) is 0. The minimum Gasteiger partial charge on any atom is -0.460 e. The number of rotatable bonds is 4. The maximum Gasteiger partial charge on any atom is 0.314 e. The number of hydrogen-bond acceptors (Lipinski definition) is 3. The van der Waals surface area contributed by atoms with Crippen molar-refractivity contribution in [2.24, 2.45) is 5.92 Å². The van der Waals surface area contributed by atoms with Crippen LogP contribution in [0.2, 0.25) is 0 Å². The maximum atomic E-state index is 11.8. The number of carbonyl (C=O) groups excluding carboxylic acids is 2. The third-order valence-electron chi connectivity index (χ3n) is 2.97. The summed E-state index contributed by atoms with van der Waals surface area (Å²) in [6.07, 6.45) is 1.82. The molecule has 2 rings (SSSR count). The quantitative estimate of drug-likeness (QED) is 0.620. The van der Waals surface area contributed by atoms with Gasteiger partial charge in [0.05, 0.1) is 5.92 Å². The third-order valence-corrected chi connectivity index (χ3v) is 3.47. The Hall–Kier alpha value is -1.61. The fourth-order valence-corrected chi connectivity index (χ4v) is 2.27. The molecular weight excluding hydrogens is 252 g/mol. The minimum absolute atomic E-state index is 0.233. The molecule has 1 atom stereocenters. The zero-order valence-electron chi connectivity index (χ0n) is 9.77. The van der Waals surface area contributed by atoms with Crippen LogP contribution in [-0.4, -0.2) is 12.3 Å². The van der Waals surface area contributed by atoms with E-state index in [9.17, 15) is 9.59 Å². The lowest BCUT2D eigenvalue weighted by Gasteiger charge is -2.10. The number of benzene rings is 1. The molecule has 1 aromatic carbocycles. The Balaban J connectivity index is 1.94. The van der Waals surface area contributed by atoms with E-state index in [0.29, 0.717) is 29.7 Å². The van der Waals surface area contributed by atoms with Gasteiger partial charge in [-0.2, -0.15) is 0 Å². The summed E-state index contributed by atoms with van der Waals surface area (Å²) in [5, 5.41) is 0.336. The molecule has 0 N–H and O–H groups in total. The largest absolute Gasteiger partial charge is 0.460 e. The van der Waals surface area contributed by atoms with Gasteiger partial charge in [-0.1, -0.05) is 41.9 Å². The Labute approximate surface area is 110 Å². The molecule has 0 fully saturated rings. The normalized spacial score (nSPS) is 18.8. The Bertz CT molecular complexity index is 479. The molecule has 4 heteroatoms. The molecule has 94 valence electrons. The molecule has 0 amide bonds. The highest BCUT2D eigenvalue weighted by molar-refractivity contribution is 6.33. The van der Waals surface area contributed by atoms with Gasteiger partial charge < -0.3 is 4.74 Å². The van der Waals surface area contributed by atoms with E-state index in [1.54, 1.807) is 0 Å². The molecule has 1 aliphatic rings. The molecule has 1 aliphatic carbocycles. The maximum absolute atomic E-state index is 11.8. The summed E-state index contributed by atoms with van der Waals surface area (Å²) in [4.78, 5) is 22.5. The molecule has 0 saturated carbocycles. The lowest BCUT2D eigenvalue weighted by molar-refractivity contribution is -0.148. The molecule has 1 aromatic rings. The molecule has 0 saturated heterocycles. The van der Waals surface area contributed by atoms with Gasteiger partial charge in [0.2, 0.25) is 0 Å². The number of allylic oxidation sites excluding steroid dienone is 1. The average Bonchev–Trinajstić information content (AvgIpc) is 2.78. The zero-order chi connectivity index (χ0) is 13.0. The van der Waals surface area contributed by atoms with Crippen LogP contribution in [0.25, 0.3) is 0 Å². The second-order valence-corrected chi connectivity index (χ2v) is 4.58. The predicted octanol–water partition coefficient (Wildman–Crippen LogP) is 2.83. The Morgan fingerprint density at radius 2 is 2.11 bits per heavy atom. The van der Waals surface area contributed by atoms with Crippen molar-refractivity contribution in [1.29, 1.82) is 0 Å². The first-order valence-corrected chi connectivity index (χ1v) is 6.14. The van der Waals surface area contributed by atoms with E-state index in [4.69, 9.17) is 16.3 Å². The highest BCUT2D eigenvalue weighted by atomic mass is 35.5. The van der Waals surface area contributed by atoms with Gasteiger partial charge in [-0.15, -0.1) is 0 Å². The summed E-state index contributed by atoms with van der Waals surface area (Å²) in [6, 6.07) is 9.44. The van der Waals surface area contributed by atoms with Gasteiger partial charge in [0.1, 0.15) is 12.9 Å². The van der Waals surface area contributed by atoms with E-state index in [1.165, 1.54) is 0 Å². The van der Waals surface area contributed by atoms with Crippen molar-refractivity contribution < 1.29 is 14.3 Å². The second kappa shape index (κ2) is 5.83. The molecule has 0 heterocycles. The van der Waals surface area contributed by atoms with E-state index >= 15 is 0 Å². The molecule has 1 unspecified atom stereocenters. The SMILES string of the molecule is O=CC1=C(Cl)C(C(=O)OCc2ccccc2)CC1. The van der Waals surface area contributed by atoms with Crippen LogP contribution in [0, 0.1) is 5.92 Å². The molecule has 3 nitrogen and oxygen atoms in total. The topological polar surface area (TPSA) is 43.4 Å². The Morgan fingerprint density at radius 3 is 2.72 bits per heavy atom.